The molecule has 2 aromatic rings. The number of nitrogens with one attached hydrogen (secondary N) is 1. The Morgan fingerprint density at radius 3 is 2.93 bits per heavy atom. The zero-order chi connectivity index (χ0) is 11.0. The summed E-state index contributed by atoms with van der Waals surface area (Å²) in [4.78, 5) is 11.2. The van der Waals surface area contributed by atoms with E-state index in [-0.39, 0.29) is 0 Å². The highest BCUT2D eigenvalue weighted by Crippen LogP contribution is 2.17. The molecule has 0 spiro atoms. The van der Waals surface area contributed by atoms with Crippen LogP contribution in [-0.2, 0) is 7.05 Å². The van der Waals surface area contributed by atoms with E-state index in [0.717, 1.165) is 0 Å². The van der Waals surface area contributed by atoms with Gasteiger partial charge in [0.2, 0.25) is 0 Å². The monoisotopic (exact) mass is 208 g/mol. The van der Waals surface area contributed by atoms with Crippen LogP contribution >= 0.6 is 0 Å². The molecule has 0 aliphatic rings. The third-order valence-electron chi connectivity index (χ3n) is 2.41. The first-order valence-corrected chi connectivity index (χ1v) is 4.58. The van der Waals surface area contributed by atoms with Crippen LogP contribution in [0.4, 0.5) is 0 Å². The van der Waals surface area contributed by atoms with Gasteiger partial charge in [0.25, 0.3) is 0 Å². The minimum atomic E-state index is -0.750. The number of aromatic nitrogens is 1. The van der Waals surface area contributed by atoms with Crippen LogP contribution in [0.2, 0.25) is 0 Å². The van der Waals surface area contributed by atoms with Crippen molar-refractivity contribution in [2.75, 3.05) is 7.05 Å². The number of aliphatic hydroxyl groups is 1. The molecule has 5 nitrogen and oxygen atoms in total. The number of aryl methyl sites for hydroxylation is 1. The van der Waals surface area contributed by atoms with Crippen molar-refractivity contribution in [2.45, 2.75) is 6.23 Å². The molecule has 15 heavy (non-hydrogen) atoms. The molecule has 0 amide bonds. The smallest absolute Gasteiger partial charge is 0.408 e. The van der Waals surface area contributed by atoms with Crippen molar-refractivity contribution in [2.24, 2.45) is 7.05 Å². The average molecular weight is 208 g/mol. The van der Waals surface area contributed by atoms with Crippen LogP contribution in [0.25, 0.3) is 11.1 Å². The fourth-order valence-electron chi connectivity index (χ4n) is 1.49. The van der Waals surface area contributed by atoms with Crippen LogP contribution in [0.1, 0.15) is 11.8 Å². The zero-order valence-corrected chi connectivity index (χ0v) is 8.52. The largest absolute Gasteiger partial charge is 0.419 e. The standard InChI is InChI=1S/C10H12N2O3/c1-11-9(13)6-3-4-7-8(5-6)15-10(14)12(7)2/h3-5,9,11,13H,1-2H3. The fraction of sp³-hybridized carbons (Fsp3) is 0.300. The molecule has 0 aliphatic carbocycles. The van der Waals surface area contributed by atoms with Gasteiger partial charge in [-0.15, -0.1) is 0 Å². The Labute approximate surface area is 85.9 Å². The number of fused-ring (bicyclic) bond motifs is 1. The first-order valence-electron chi connectivity index (χ1n) is 4.58. The van der Waals surface area contributed by atoms with Crippen molar-refractivity contribution in [1.82, 2.24) is 9.88 Å². The Hall–Kier alpha value is -1.59. The average Bonchev–Trinajstić information content (AvgIpc) is 2.53. The summed E-state index contributed by atoms with van der Waals surface area (Å²) in [5, 5.41) is 12.2. The topological polar surface area (TPSA) is 67.4 Å². The second-order valence-corrected chi connectivity index (χ2v) is 3.35. The maximum absolute atomic E-state index is 11.2. The van der Waals surface area contributed by atoms with Crippen LogP contribution in [0.3, 0.4) is 0 Å². The Morgan fingerprint density at radius 1 is 1.53 bits per heavy atom. The molecular formula is C10H12N2O3. The molecule has 0 aliphatic heterocycles. The van der Waals surface area contributed by atoms with Crippen molar-refractivity contribution in [3.63, 3.8) is 0 Å². The van der Waals surface area contributed by atoms with Gasteiger partial charge < -0.3 is 9.52 Å². The van der Waals surface area contributed by atoms with Gasteiger partial charge >= 0.3 is 5.76 Å². The summed E-state index contributed by atoms with van der Waals surface area (Å²) in [6.45, 7) is 0. The summed E-state index contributed by atoms with van der Waals surface area (Å²) in [6.07, 6.45) is -0.750. The second-order valence-electron chi connectivity index (χ2n) is 3.35. The minimum absolute atomic E-state index is 0.402. The van der Waals surface area contributed by atoms with Crippen LogP contribution in [-0.4, -0.2) is 16.7 Å². The molecular weight excluding hydrogens is 196 g/mol. The molecule has 0 fully saturated rings. The summed E-state index contributed by atoms with van der Waals surface area (Å²) in [5.41, 5.74) is 1.86. The van der Waals surface area contributed by atoms with Crippen LogP contribution in [0.5, 0.6) is 0 Å². The molecule has 0 saturated carbocycles. The van der Waals surface area contributed by atoms with Gasteiger partial charge in [0, 0.05) is 7.05 Å². The number of nitrogens with zero attached hydrogens (tertiary/aromatic N) is 1. The van der Waals surface area contributed by atoms with Crippen molar-refractivity contribution in [3.05, 3.63) is 34.3 Å². The quantitative estimate of drug-likeness (QED) is 0.698. The number of aliphatic hydroxyl groups excluding tert-OH is 1. The first-order chi connectivity index (χ1) is 7.13. The van der Waals surface area contributed by atoms with E-state index in [1.54, 1.807) is 32.3 Å². The van der Waals surface area contributed by atoms with Gasteiger partial charge in [0.15, 0.2) is 5.58 Å². The number of hydrogen-bond acceptors (Lipinski definition) is 4. The van der Waals surface area contributed by atoms with Crippen LogP contribution in [0, 0.1) is 0 Å². The van der Waals surface area contributed by atoms with Crippen molar-refractivity contribution < 1.29 is 9.52 Å². The van der Waals surface area contributed by atoms with Gasteiger partial charge in [-0.25, -0.2) is 4.79 Å². The molecule has 1 unspecified atom stereocenters. The summed E-state index contributed by atoms with van der Waals surface area (Å²) < 4.78 is 6.42. The van der Waals surface area contributed by atoms with Gasteiger partial charge in [0.05, 0.1) is 5.52 Å². The molecule has 1 atom stereocenters. The summed E-state index contributed by atoms with van der Waals surface area (Å²) in [7, 11) is 3.29. The van der Waals surface area contributed by atoms with Crippen molar-refractivity contribution >= 4 is 11.1 Å². The maximum Gasteiger partial charge on any atom is 0.419 e. The van der Waals surface area contributed by atoms with Gasteiger partial charge in [-0.05, 0) is 24.7 Å². The van der Waals surface area contributed by atoms with Crippen LogP contribution in [0.15, 0.2) is 27.4 Å². The van der Waals surface area contributed by atoms with Gasteiger partial charge in [-0.2, -0.15) is 0 Å². The molecule has 1 aromatic carbocycles. The lowest BCUT2D eigenvalue weighted by Gasteiger charge is -2.08. The number of benzene rings is 1. The summed E-state index contributed by atoms with van der Waals surface area (Å²) in [6, 6.07) is 5.15. The SMILES string of the molecule is CNC(O)c1ccc2c(c1)oc(=O)n2C. The highest BCUT2D eigenvalue weighted by molar-refractivity contribution is 5.73. The van der Waals surface area contributed by atoms with E-state index in [4.69, 9.17) is 4.42 Å². The van der Waals surface area contributed by atoms with E-state index in [2.05, 4.69) is 5.32 Å². The molecule has 80 valence electrons. The lowest BCUT2D eigenvalue weighted by atomic mass is 10.2. The predicted octanol–water partition coefficient (Wildman–Crippen LogP) is 0.342. The molecule has 0 radical (unpaired) electrons. The number of rotatable bonds is 2. The molecule has 0 saturated heterocycles. The van der Waals surface area contributed by atoms with E-state index in [1.165, 1.54) is 4.57 Å². The van der Waals surface area contributed by atoms with Crippen LogP contribution < -0.4 is 11.1 Å². The predicted molar refractivity (Wildman–Crippen MR) is 55.5 cm³/mol. The molecule has 0 bridgehead atoms. The van der Waals surface area contributed by atoms with E-state index in [1.807, 2.05) is 0 Å². The first kappa shape index (κ1) is 9.95. The number of oxazole rings is 1. The Kier molecular flexibility index (Phi) is 2.34. The molecule has 1 aromatic heterocycles. The second kappa shape index (κ2) is 3.52. The molecule has 1 heterocycles. The van der Waals surface area contributed by atoms with E-state index < -0.39 is 12.0 Å². The van der Waals surface area contributed by atoms with Gasteiger partial charge in [-0.3, -0.25) is 9.88 Å². The molecule has 2 rings (SSSR count). The minimum Gasteiger partial charge on any atom is -0.408 e. The number of hydrogen-bond donors (Lipinski definition) is 2. The van der Waals surface area contributed by atoms with E-state index in [9.17, 15) is 9.90 Å². The highest BCUT2D eigenvalue weighted by atomic mass is 16.4. The third kappa shape index (κ3) is 1.55. The van der Waals surface area contributed by atoms with Crippen molar-refractivity contribution in [3.8, 4) is 0 Å². The maximum atomic E-state index is 11.2. The fourth-order valence-corrected chi connectivity index (χ4v) is 1.49. The summed E-state index contributed by atoms with van der Waals surface area (Å²) >= 11 is 0. The van der Waals surface area contributed by atoms with E-state index >= 15 is 0 Å². The lowest BCUT2D eigenvalue weighted by Crippen LogP contribution is -2.14. The molecule has 5 heteroatoms. The Balaban J connectivity index is 2.62. The molecule has 2 N–H and O–H groups in total. The summed E-state index contributed by atoms with van der Waals surface area (Å²) in [5.74, 6) is -0.402. The normalized spacial score (nSPS) is 13.3. The van der Waals surface area contributed by atoms with E-state index in [0.29, 0.717) is 16.7 Å². The Morgan fingerprint density at radius 2 is 2.27 bits per heavy atom. The third-order valence-corrected chi connectivity index (χ3v) is 2.41. The van der Waals surface area contributed by atoms with Gasteiger partial charge in [0.1, 0.15) is 6.23 Å². The highest BCUT2D eigenvalue weighted by Gasteiger charge is 2.09. The Bertz CT molecular complexity index is 541. The van der Waals surface area contributed by atoms with Crippen molar-refractivity contribution in [1.29, 1.82) is 0 Å². The zero-order valence-electron chi connectivity index (χ0n) is 8.52. The lowest BCUT2D eigenvalue weighted by molar-refractivity contribution is 0.149. The van der Waals surface area contributed by atoms with Gasteiger partial charge in [-0.1, -0.05) is 6.07 Å².